The van der Waals surface area contributed by atoms with E-state index in [1.165, 1.54) is 7.11 Å². The second kappa shape index (κ2) is 7.23. The van der Waals surface area contributed by atoms with Gasteiger partial charge in [0.15, 0.2) is 11.4 Å². The van der Waals surface area contributed by atoms with Gasteiger partial charge in [-0.2, -0.15) is 0 Å². The van der Waals surface area contributed by atoms with Gasteiger partial charge in [0.05, 0.1) is 7.11 Å². The summed E-state index contributed by atoms with van der Waals surface area (Å²) in [5, 5.41) is 11.0. The number of aromatic nitrogens is 2. The van der Waals surface area contributed by atoms with E-state index in [-0.39, 0.29) is 11.4 Å². The molecule has 23 heavy (non-hydrogen) atoms. The van der Waals surface area contributed by atoms with Crippen molar-refractivity contribution >= 4 is 22.7 Å². The lowest BCUT2D eigenvalue weighted by atomic mass is 10.2. The van der Waals surface area contributed by atoms with Crippen molar-refractivity contribution in [1.82, 2.24) is 14.9 Å². The van der Waals surface area contributed by atoms with Crippen molar-refractivity contribution in [2.75, 3.05) is 46.2 Å². The van der Waals surface area contributed by atoms with Crippen LogP contribution in [0.25, 0.3) is 10.9 Å². The first-order chi connectivity index (χ1) is 11.0. The molecule has 124 valence electrons. The molecule has 0 amide bonds. The van der Waals surface area contributed by atoms with E-state index in [0.717, 1.165) is 19.5 Å². The molecule has 0 aliphatic carbocycles. The van der Waals surface area contributed by atoms with Crippen molar-refractivity contribution in [3.63, 3.8) is 0 Å². The Morgan fingerprint density at radius 3 is 2.70 bits per heavy atom. The summed E-state index contributed by atoms with van der Waals surface area (Å²) in [5.74, 6) is -0.332. The Balaban J connectivity index is 2.45. The minimum absolute atomic E-state index is 0.117. The van der Waals surface area contributed by atoms with Crippen molar-refractivity contribution < 1.29 is 14.6 Å². The van der Waals surface area contributed by atoms with E-state index >= 15 is 0 Å². The molecule has 0 radical (unpaired) electrons. The van der Waals surface area contributed by atoms with Crippen LogP contribution in [0.3, 0.4) is 0 Å². The molecule has 2 aromatic rings. The minimum atomic E-state index is -0.682. The molecule has 7 nitrogen and oxygen atoms in total. The van der Waals surface area contributed by atoms with Gasteiger partial charge in [-0.15, -0.1) is 0 Å². The number of aromatic hydroxyl groups is 1. The van der Waals surface area contributed by atoms with Crippen LogP contribution in [0.2, 0.25) is 0 Å². The van der Waals surface area contributed by atoms with Gasteiger partial charge in [-0.3, -0.25) is 4.98 Å². The van der Waals surface area contributed by atoms with Crippen LogP contribution < -0.4 is 4.90 Å². The van der Waals surface area contributed by atoms with Gasteiger partial charge >= 0.3 is 5.97 Å². The van der Waals surface area contributed by atoms with Crippen molar-refractivity contribution in [3.05, 3.63) is 24.0 Å². The summed E-state index contributed by atoms with van der Waals surface area (Å²) in [4.78, 5) is 24.4. The van der Waals surface area contributed by atoms with Gasteiger partial charge < -0.3 is 19.6 Å². The molecule has 2 rings (SSSR count). The highest BCUT2D eigenvalue weighted by atomic mass is 16.5. The standard InChI is InChI=1S/C16H22N4O3/c1-19(2)9-6-10-20(3)15-11-7-5-8-17-12(11)14(21)13(18-15)16(22)23-4/h5,7-8,21H,6,9-10H2,1-4H3. The third-order valence-corrected chi connectivity index (χ3v) is 3.55. The molecule has 2 heterocycles. The van der Waals surface area contributed by atoms with E-state index in [0.29, 0.717) is 16.7 Å². The number of ether oxygens (including phenoxy) is 1. The summed E-state index contributed by atoms with van der Waals surface area (Å²) in [5.41, 5.74) is 0.227. The van der Waals surface area contributed by atoms with Crippen molar-refractivity contribution in [1.29, 1.82) is 0 Å². The van der Waals surface area contributed by atoms with Crippen LogP contribution in [-0.2, 0) is 4.74 Å². The second-order valence-electron chi connectivity index (χ2n) is 5.60. The average molecular weight is 318 g/mol. The smallest absolute Gasteiger partial charge is 0.360 e. The Bertz CT molecular complexity index is 703. The molecule has 0 bridgehead atoms. The van der Waals surface area contributed by atoms with E-state index < -0.39 is 5.97 Å². The van der Waals surface area contributed by atoms with Crippen LogP contribution in [0.1, 0.15) is 16.9 Å². The highest BCUT2D eigenvalue weighted by Crippen LogP contribution is 2.32. The molecule has 0 aliphatic rings. The summed E-state index contributed by atoms with van der Waals surface area (Å²) in [6.07, 6.45) is 2.51. The fourth-order valence-corrected chi connectivity index (χ4v) is 2.37. The number of pyridine rings is 2. The molecule has 0 aliphatic heterocycles. The number of methoxy groups -OCH3 is 1. The largest absolute Gasteiger partial charge is 0.504 e. The van der Waals surface area contributed by atoms with Gasteiger partial charge in [-0.05, 0) is 39.2 Å². The highest BCUT2D eigenvalue weighted by Gasteiger charge is 2.21. The summed E-state index contributed by atoms with van der Waals surface area (Å²) in [6, 6.07) is 3.60. The Labute approximate surface area is 135 Å². The minimum Gasteiger partial charge on any atom is -0.504 e. The topological polar surface area (TPSA) is 78.8 Å². The number of carbonyl (C=O) groups is 1. The number of hydrogen-bond acceptors (Lipinski definition) is 7. The Kier molecular flexibility index (Phi) is 5.33. The van der Waals surface area contributed by atoms with E-state index in [2.05, 4.69) is 14.9 Å². The summed E-state index contributed by atoms with van der Waals surface area (Å²) in [7, 11) is 7.20. The normalized spacial score (nSPS) is 11.0. The number of esters is 1. The van der Waals surface area contributed by atoms with E-state index in [9.17, 15) is 9.90 Å². The molecule has 0 aromatic carbocycles. The highest BCUT2D eigenvalue weighted by molar-refractivity contribution is 6.01. The van der Waals surface area contributed by atoms with Gasteiger partial charge in [-0.25, -0.2) is 9.78 Å². The molecule has 0 atom stereocenters. The van der Waals surface area contributed by atoms with Crippen LogP contribution in [-0.4, -0.2) is 67.3 Å². The third kappa shape index (κ3) is 3.68. The Morgan fingerprint density at radius 2 is 2.04 bits per heavy atom. The van der Waals surface area contributed by atoms with E-state index in [4.69, 9.17) is 4.74 Å². The van der Waals surface area contributed by atoms with Gasteiger partial charge in [0.2, 0.25) is 0 Å². The molecule has 0 spiro atoms. The Hall–Kier alpha value is -2.41. The number of hydrogen-bond donors (Lipinski definition) is 1. The monoisotopic (exact) mass is 318 g/mol. The first-order valence-corrected chi connectivity index (χ1v) is 7.37. The van der Waals surface area contributed by atoms with Crippen LogP contribution in [0.4, 0.5) is 5.82 Å². The van der Waals surface area contributed by atoms with Gasteiger partial charge in [0, 0.05) is 25.2 Å². The second-order valence-corrected chi connectivity index (χ2v) is 5.60. The molecular formula is C16H22N4O3. The zero-order valence-electron chi connectivity index (χ0n) is 13.9. The lowest BCUT2D eigenvalue weighted by Crippen LogP contribution is -2.25. The van der Waals surface area contributed by atoms with Crippen molar-refractivity contribution in [2.24, 2.45) is 0 Å². The number of carbonyl (C=O) groups excluding carboxylic acids is 1. The molecule has 7 heteroatoms. The van der Waals surface area contributed by atoms with Crippen molar-refractivity contribution in [3.8, 4) is 5.75 Å². The van der Waals surface area contributed by atoms with Crippen LogP contribution in [0, 0.1) is 0 Å². The Morgan fingerprint density at radius 1 is 1.30 bits per heavy atom. The van der Waals surface area contributed by atoms with Crippen LogP contribution >= 0.6 is 0 Å². The lowest BCUT2D eigenvalue weighted by molar-refractivity contribution is 0.0591. The maximum absolute atomic E-state index is 11.9. The zero-order valence-corrected chi connectivity index (χ0v) is 13.9. The third-order valence-electron chi connectivity index (χ3n) is 3.55. The van der Waals surface area contributed by atoms with E-state index in [1.54, 1.807) is 12.3 Å². The van der Waals surface area contributed by atoms with Crippen molar-refractivity contribution in [2.45, 2.75) is 6.42 Å². The zero-order chi connectivity index (χ0) is 17.0. The average Bonchev–Trinajstić information content (AvgIpc) is 2.54. The molecule has 0 fully saturated rings. The first kappa shape index (κ1) is 17.0. The molecular weight excluding hydrogens is 296 g/mol. The summed E-state index contributed by atoms with van der Waals surface area (Å²) < 4.78 is 4.70. The fraction of sp³-hybridized carbons (Fsp3) is 0.438. The fourth-order valence-electron chi connectivity index (χ4n) is 2.37. The lowest BCUT2D eigenvalue weighted by Gasteiger charge is -2.21. The molecule has 2 aromatic heterocycles. The predicted octanol–water partition coefficient (Wildman–Crippen LogP) is 1.51. The maximum atomic E-state index is 11.9. The number of nitrogens with zero attached hydrogens (tertiary/aromatic N) is 4. The molecule has 0 unspecified atom stereocenters. The molecule has 0 saturated heterocycles. The number of anilines is 1. The first-order valence-electron chi connectivity index (χ1n) is 7.37. The SMILES string of the molecule is COC(=O)c1nc(N(C)CCCN(C)C)c2cccnc2c1O. The van der Waals surface area contributed by atoms with Gasteiger partial charge in [0.1, 0.15) is 11.3 Å². The maximum Gasteiger partial charge on any atom is 0.360 e. The number of rotatable bonds is 6. The van der Waals surface area contributed by atoms with Gasteiger partial charge in [0.25, 0.3) is 0 Å². The van der Waals surface area contributed by atoms with Crippen LogP contribution in [0.15, 0.2) is 18.3 Å². The van der Waals surface area contributed by atoms with Crippen LogP contribution in [0.5, 0.6) is 5.75 Å². The summed E-state index contributed by atoms with van der Waals surface area (Å²) >= 11 is 0. The predicted molar refractivity (Wildman–Crippen MR) is 89.0 cm³/mol. The summed E-state index contributed by atoms with van der Waals surface area (Å²) in [6.45, 7) is 1.71. The quantitative estimate of drug-likeness (QED) is 0.809. The molecule has 1 N–H and O–H groups in total. The molecule has 0 saturated carbocycles. The van der Waals surface area contributed by atoms with E-state index in [1.807, 2.05) is 32.1 Å². The van der Waals surface area contributed by atoms with Gasteiger partial charge in [-0.1, -0.05) is 0 Å². The number of fused-ring (bicyclic) bond motifs is 1.